The number of ether oxygens (including phenoxy) is 1. The molecular formula is C19H14F3NO4. The Morgan fingerprint density at radius 1 is 1.11 bits per heavy atom. The van der Waals surface area contributed by atoms with E-state index in [9.17, 15) is 22.8 Å². The molecule has 0 heterocycles. The number of hydrogen-bond acceptors (Lipinski definition) is 3. The molecule has 2 aromatic carbocycles. The summed E-state index contributed by atoms with van der Waals surface area (Å²) in [5.74, 6) is 3.19. The number of aromatic carboxylic acids is 1. The van der Waals surface area contributed by atoms with Crippen LogP contribution in [-0.4, -0.2) is 23.7 Å². The van der Waals surface area contributed by atoms with Gasteiger partial charge in [-0.3, -0.25) is 0 Å². The van der Waals surface area contributed by atoms with Crippen LogP contribution < -0.4 is 5.32 Å². The van der Waals surface area contributed by atoms with E-state index >= 15 is 0 Å². The van der Waals surface area contributed by atoms with Crippen molar-refractivity contribution in [3.05, 3.63) is 70.8 Å². The summed E-state index contributed by atoms with van der Waals surface area (Å²) >= 11 is 0. The van der Waals surface area contributed by atoms with E-state index in [1.165, 1.54) is 0 Å². The Morgan fingerprint density at radius 3 is 2.44 bits per heavy atom. The van der Waals surface area contributed by atoms with Gasteiger partial charge in [0.2, 0.25) is 0 Å². The van der Waals surface area contributed by atoms with E-state index in [4.69, 9.17) is 9.84 Å². The number of amides is 1. The van der Waals surface area contributed by atoms with Crippen molar-refractivity contribution >= 4 is 12.1 Å². The van der Waals surface area contributed by atoms with Crippen LogP contribution in [0.4, 0.5) is 18.0 Å². The molecule has 2 rings (SSSR count). The Bertz CT molecular complexity index is 883. The lowest BCUT2D eigenvalue weighted by Gasteiger charge is -2.10. The van der Waals surface area contributed by atoms with Gasteiger partial charge < -0.3 is 15.2 Å². The first-order valence-electron chi connectivity index (χ1n) is 7.65. The van der Waals surface area contributed by atoms with Crippen molar-refractivity contribution in [2.24, 2.45) is 0 Å². The molecule has 0 aliphatic carbocycles. The third-order valence-corrected chi connectivity index (χ3v) is 3.33. The third kappa shape index (κ3) is 6.08. The molecule has 0 atom stereocenters. The normalized spacial score (nSPS) is 10.5. The first kappa shape index (κ1) is 19.8. The van der Waals surface area contributed by atoms with Gasteiger partial charge in [-0.15, -0.1) is 0 Å². The molecule has 5 nitrogen and oxygen atoms in total. The summed E-state index contributed by atoms with van der Waals surface area (Å²) < 4.78 is 44.1. The summed E-state index contributed by atoms with van der Waals surface area (Å²) in [4.78, 5) is 22.4. The maximum atomic E-state index is 13.0. The Labute approximate surface area is 152 Å². The summed E-state index contributed by atoms with van der Waals surface area (Å²) in [6.07, 6.45) is -5.51. The molecule has 2 N–H and O–H groups in total. The van der Waals surface area contributed by atoms with Gasteiger partial charge in [-0.1, -0.05) is 42.2 Å². The van der Waals surface area contributed by atoms with Gasteiger partial charge in [-0.05, 0) is 23.8 Å². The maximum Gasteiger partial charge on any atom is 0.417 e. The number of carbonyl (C=O) groups excluding carboxylic acids is 1. The van der Waals surface area contributed by atoms with E-state index < -0.39 is 29.4 Å². The first-order valence-corrected chi connectivity index (χ1v) is 7.65. The Balaban J connectivity index is 1.97. The van der Waals surface area contributed by atoms with Crippen LogP contribution >= 0.6 is 0 Å². The maximum absolute atomic E-state index is 13.0. The van der Waals surface area contributed by atoms with Crippen LogP contribution in [0.3, 0.4) is 0 Å². The smallest absolute Gasteiger partial charge is 0.417 e. The molecule has 0 bridgehead atoms. The van der Waals surface area contributed by atoms with E-state index in [1.807, 2.05) is 6.07 Å². The molecule has 2 aromatic rings. The van der Waals surface area contributed by atoms with Crippen molar-refractivity contribution < 1.29 is 32.6 Å². The average molecular weight is 377 g/mol. The second-order valence-electron chi connectivity index (χ2n) is 5.28. The molecule has 0 aliphatic heterocycles. The van der Waals surface area contributed by atoms with E-state index in [-0.39, 0.29) is 18.7 Å². The summed E-state index contributed by atoms with van der Waals surface area (Å²) in [7, 11) is 0. The molecule has 27 heavy (non-hydrogen) atoms. The van der Waals surface area contributed by atoms with E-state index in [2.05, 4.69) is 17.2 Å². The molecule has 0 radical (unpaired) electrons. The predicted octanol–water partition coefficient (Wildman–Crippen LogP) is 3.68. The molecule has 0 aliphatic rings. The number of alkyl halides is 3. The van der Waals surface area contributed by atoms with Crippen LogP contribution in [-0.2, 0) is 17.5 Å². The van der Waals surface area contributed by atoms with Crippen molar-refractivity contribution in [3.8, 4) is 11.8 Å². The number of alkyl carbamates (subject to hydrolysis) is 1. The van der Waals surface area contributed by atoms with Crippen molar-refractivity contribution in [3.63, 3.8) is 0 Å². The zero-order chi connectivity index (χ0) is 19.9. The molecule has 140 valence electrons. The summed E-state index contributed by atoms with van der Waals surface area (Å²) in [5, 5.41) is 11.1. The fourth-order valence-electron chi connectivity index (χ4n) is 2.05. The van der Waals surface area contributed by atoms with Crippen LogP contribution in [0.5, 0.6) is 0 Å². The highest BCUT2D eigenvalue weighted by atomic mass is 19.4. The lowest BCUT2D eigenvalue weighted by molar-refractivity contribution is -0.137. The SMILES string of the molecule is O=C(NCC#Cc1ccc(C(=O)O)cc1C(F)(F)F)OCc1ccccc1. The van der Waals surface area contributed by atoms with Crippen LogP contribution in [0, 0.1) is 11.8 Å². The van der Waals surface area contributed by atoms with Gasteiger partial charge in [0.1, 0.15) is 6.61 Å². The topological polar surface area (TPSA) is 75.6 Å². The monoisotopic (exact) mass is 377 g/mol. The molecular weight excluding hydrogens is 363 g/mol. The number of carbonyl (C=O) groups is 2. The second-order valence-corrected chi connectivity index (χ2v) is 5.28. The lowest BCUT2D eigenvalue weighted by atomic mass is 10.0. The van der Waals surface area contributed by atoms with Gasteiger partial charge in [0.15, 0.2) is 0 Å². The number of rotatable bonds is 4. The van der Waals surface area contributed by atoms with Gasteiger partial charge in [0, 0.05) is 5.56 Å². The number of nitrogens with one attached hydrogen (secondary N) is 1. The highest BCUT2D eigenvalue weighted by Gasteiger charge is 2.33. The van der Waals surface area contributed by atoms with Crippen molar-refractivity contribution in [2.75, 3.05) is 6.54 Å². The molecule has 8 heteroatoms. The van der Waals surface area contributed by atoms with Crippen molar-refractivity contribution in [1.29, 1.82) is 0 Å². The molecule has 0 saturated carbocycles. The molecule has 0 spiro atoms. The van der Waals surface area contributed by atoms with Crippen LogP contribution in [0.15, 0.2) is 48.5 Å². The summed E-state index contributed by atoms with van der Waals surface area (Å²) in [5.41, 5.74) is -1.24. The Hall–Kier alpha value is -3.47. The largest absolute Gasteiger partial charge is 0.478 e. The zero-order valence-electron chi connectivity index (χ0n) is 13.8. The minimum atomic E-state index is -4.75. The van der Waals surface area contributed by atoms with Crippen LogP contribution in [0.1, 0.15) is 27.0 Å². The summed E-state index contributed by atoms with van der Waals surface area (Å²) in [6.45, 7) is -0.180. The van der Waals surface area contributed by atoms with Crippen LogP contribution in [0.25, 0.3) is 0 Å². The van der Waals surface area contributed by atoms with Gasteiger partial charge >= 0.3 is 18.2 Å². The molecule has 1 amide bonds. The fraction of sp³-hybridized carbons (Fsp3) is 0.158. The third-order valence-electron chi connectivity index (χ3n) is 3.33. The fourth-order valence-corrected chi connectivity index (χ4v) is 2.05. The summed E-state index contributed by atoms with van der Waals surface area (Å²) in [6, 6.07) is 11.5. The Morgan fingerprint density at radius 2 is 1.81 bits per heavy atom. The van der Waals surface area contributed by atoms with Crippen LogP contribution in [0.2, 0.25) is 0 Å². The van der Waals surface area contributed by atoms with Crippen molar-refractivity contribution in [2.45, 2.75) is 12.8 Å². The average Bonchev–Trinajstić information content (AvgIpc) is 2.63. The minimum absolute atomic E-state index is 0.0506. The standard InChI is InChI=1S/C19H14F3NO4/c20-19(21,22)16-11-15(17(24)25)9-8-14(16)7-4-10-23-18(26)27-12-13-5-2-1-3-6-13/h1-3,5-6,8-9,11H,10,12H2,(H,23,26)(H,24,25). The van der Waals surface area contributed by atoms with Gasteiger partial charge in [0.25, 0.3) is 0 Å². The van der Waals surface area contributed by atoms with Gasteiger partial charge in [-0.2, -0.15) is 13.2 Å². The molecule has 0 fully saturated rings. The second kappa shape index (κ2) is 8.76. The predicted molar refractivity (Wildman–Crippen MR) is 89.9 cm³/mol. The number of carboxylic acid groups (broad SMARTS) is 1. The highest BCUT2D eigenvalue weighted by Crippen LogP contribution is 2.32. The first-order chi connectivity index (χ1) is 12.8. The number of halogens is 3. The number of hydrogen-bond donors (Lipinski definition) is 2. The minimum Gasteiger partial charge on any atom is -0.478 e. The zero-order valence-corrected chi connectivity index (χ0v) is 13.8. The molecule has 0 aromatic heterocycles. The quantitative estimate of drug-likeness (QED) is 0.797. The Kier molecular flexibility index (Phi) is 6.44. The number of carboxylic acids is 1. The van der Waals surface area contributed by atoms with E-state index in [0.29, 0.717) is 6.07 Å². The molecule has 0 unspecified atom stereocenters. The van der Waals surface area contributed by atoms with Crippen molar-refractivity contribution in [1.82, 2.24) is 5.32 Å². The number of benzene rings is 2. The van der Waals surface area contributed by atoms with E-state index in [1.54, 1.807) is 24.3 Å². The van der Waals surface area contributed by atoms with Gasteiger partial charge in [-0.25, -0.2) is 9.59 Å². The lowest BCUT2D eigenvalue weighted by Crippen LogP contribution is -2.24. The van der Waals surface area contributed by atoms with Gasteiger partial charge in [0.05, 0.1) is 17.7 Å². The molecule has 0 saturated heterocycles. The van der Waals surface area contributed by atoms with E-state index in [0.717, 1.165) is 17.7 Å². The highest BCUT2D eigenvalue weighted by molar-refractivity contribution is 5.88.